The highest BCUT2D eigenvalue weighted by atomic mass is 19.1. The molecule has 0 N–H and O–H groups in total. The van der Waals surface area contributed by atoms with Crippen molar-refractivity contribution in [2.24, 2.45) is 0 Å². The number of ketones is 1. The van der Waals surface area contributed by atoms with Gasteiger partial charge in [-0.2, -0.15) is 0 Å². The van der Waals surface area contributed by atoms with Gasteiger partial charge < -0.3 is 0 Å². The number of halogens is 1. The molecule has 102 valence electrons. The summed E-state index contributed by atoms with van der Waals surface area (Å²) in [7, 11) is 0. The minimum Gasteiger partial charge on any atom is -0.294 e. The highest BCUT2D eigenvalue weighted by Crippen LogP contribution is 2.21. The number of benzene rings is 2. The predicted molar refractivity (Wildman–Crippen MR) is 72.3 cm³/mol. The highest BCUT2D eigenvalue weighted by Gasteiger charge is 2.17. The van der Waals surface area contributed by atoms with Crippen molar-refractivity contribution in [1.82, 2.24) is 0 Å². The summed E-state index contributed by atoms with van der Waals surface area (Å²) in [5, 5.41) is 10.9. The molecule has 5 heteroatoms. The van der Waals surface area contributed by atoms with Crippen LogP contribution in [0.15, 0.2) is 42.5 Å². The Balaban J connectivity index is 2.33. The van der Waals surface area contributed by atoms with Crippen LogP contribution in [0.25, 0.3) is 0 Å². The smallest absolute Gasteiger partial charge is 0.273 e. The number of hydrogen-bond acceptors (Lipinski definition) is 3. The van der Waals surface area contributed by atoms with Gasteiger partial charge in [0.15, 0.2) is 5.78 Å². The Hall–Kier alpha value is -2.56. The molecule has 2 rings (SSSR count). The Kier molecular flexibility index (Phi) is 3.89. The maximum Gasteiger partial charge on any atom is 0.273 e. The lowest BCUT2D eigenvalue weighted by Gasteiger charge is -2.06. The number of carbonyl (C=O) groups excluding carboxylic acids is 1. The van der Waals surface area contributed by atoms with E-state index in [-0.39, 0.29) is 23.5 Å². The van der Waals surface area contributed by atoms with Gasteiger partial charge in [0.1, 0.15) is 5.82 Å². The fourth-order valence-electron chi connectivity index (χ4n) is 2.00. The number of nitro groups is 1. The molecule has 0 amide bonds. The van der Waals surface area contributed by atoms with E-state index in [4.69, 9.17) is 0 Å². The quantitative estimate of drug-likeness (QED) is 0.487. The SMILES string of the molecule is Cc1ccc(F)cc1C(=O)Cc1ccccc1[N+](=O)[O-]. The Labute approximate surface area is 115 Å². The summed E-state index contributed by atoms with van der Waals surface area (Å²) in [6.45, 7) is 1.70. The fraction of sp³-hybridized carbons (Fsp3) is 0.133. The van der Waals surface area contributed by atoms with Crippen LogP contribution in [0.4, 0.5) is 10.1 Å². The zero-order chi connectivity index (χ0) is 14.7. The van der Waals surface area contributed by atoms with Crippen molar-refractivity contribution in [1.29, 1.82) is 0 Å². The average molecular weight is 273 g/mol. The van der Waals surface area contributed by atoms with Gasteiger partial charge in [0.25, 0.3) is 5.69 Å². The second kappa shape index (κ2) is 5.61. The molecule has 0 heterocycles. The van der Waals surface area contributed by atoms with Crippen molar-refractivity contribution in [2.75, 3.05) is 0 Å². The summed E-state index contributed by atoms with van der Waals surface area (Å²) in [6, 6.07) is 10.0. The van der Waals surface area contributed by atoms with Gasteiger partial charge in [0.05, 0.1) is 4.92 Å². The lowest BCUT2D eigenvalue weighted by molar-refractivity contribution is -0.385. The molecule has 0 aliphatic rings. The summed E-state index contributed by atoms with van der Waals surface area (Å²) in [5.74, 6) is -0.835. The first-order valence-corrected chi connectivity index (χ1v) is 6.00. The molecule has 2 aromatic carbocycles. The van der Waals surface area contributed by atoms with Gasteiger partial charge in [-0.3, -0.25) is 14.9 Å². The maximum absolute atomic E-state index is 13.2. The lowest BCUT2D eigenvalue weighted by atomic mass is 9.98. The van der Waals surface area contributed by atoms with Crippen LogP contribution in [0.1, 0.15) is 21.5 Å². The average Bonchev–Trinajstić information content (AvgIpc) is 2.41. The van der Waals surface area contributed by atoms with Gasteiger partial charge >= 0.3 is 0 Å². The molecule has 0 aromatic heterocycles. The fourth-order valence-corrected chi connectivity index (χ4v) is 2.00. The largest absolute Gasteiger partial charge is 0.294 e. The van der Waals surface area contributed by atoms with Crippen LogP contribution in [0.2, 0.25) is 0 Å². The summed E-state index contributed by atoms with van der Waals surface area (Å²) in [6.07, 6.45) is -0.124. The van der Waals surface area contributed by atoms with E-state index in [9.17, 15) is 19.3 Å². The minimum atomic E-state index is -0.527. The summed E-state index contributed by atoms with van der Waals surface area (Å²) < 4.78 is 13.2. The van der Waals surface area contributed by atoms with E-state index in [0.717, 1.165) is 6.07 Å². The van der Waals surface area contributed by atoms with Gasteiger partial charge in [0, 0.05) is 23.6 Å². The van der Waals surface area contributed by atoms with Gasteiger partial charge in [0.2, 0.25) is 0 Å². The number of nitro benzene ring substituents is 1. The molecule has 2 aromatic rings. The molecule has 0 atom stereocenters. The molecule has 20 heavy (non-hydrogen) atoms. The highest BCUT2D eigenvalue weighted by molar-refractivity contribution is 5.99. The van der Waals surface area contributed by atoms with Crippen molar-refractivity contribution in [3.63, 3.8) is 0 Å². The van der Waals surface area contributed by atoms with Gasteiger partial charge in [-0.05, 0) is 24.6 Å². The van der Waals surface area contributed by atoms with E-state index in [2.05, 4.69) is 0 Å². The molecule has 0 bridgehead atoms. The minimum absolute atomic E-state index is 0.102. The number of Topliss-reactive ketones (excluding diaryl/α,β-unsaturated/α-hetero) is 1. The Morgan fingerprint density at radius 1 is 1.25 bits per heavy atom. The molecule has 0 fully saturated rings. The van der Waals surface area contributed by atoms with E-state index < -0.39 is 10.7 Å². The predicted octanol–water partition coefficient (Wildman–Crippen LogP) is 3.47. The molecule has 0 aliphatic carbocycles. The van der Waals surface area contributed by atoms with Crippen molar-refractivity contribution in [3.8, 4) is 0 Å². The first-order valence-electron chi connectivity index (χ1n) is 6.00. The van der Waals surface area contributed by atoms with E-state index in [1.54, 1.807) is 19.1 Å². The van der Waals surface area contributed by atoms with Crippen LogP contribution >= 0.6 is 0 Å². The lowest BCUT2D eigenvalue weighted by Crippen LogP contribution is -2.08. The standard InChI is InChI=1S/C15H12FNO3/c1-10-6-7-12(16)9-13(10)15(18)8-11-4-2-3-5-14(11)17(19)20/h2-7,9H,8H2,1H3. The number of aryl methyl sites for hydroxylation is 1. The Morgan fingerprint density at radius 2 is 1.95 bits per heavy atom. The van der Waals surface area contributed by atoms with E-state index in [0.29, 0.717) is 11.1 Å². The van der Waals surface area contributed by atoms with Crippen LogP contribution in [0, 0.1) is 22.9 Å². The second-order valence-corrected chi connectivity index (χ2v) is 4.45. The first kappa shape index (κ1) is 13.9. The number of hydrogen-bond donors (Lipinski definition) is 0. The van der Waals surface area contributed by atoms with Gasteiger partial charge in [-0.1, -0.05) is 24.3 Å². The van der Waals surface area contributed by atoms with Gasteiger partial charge in [-0.25, -0.2) is 4.39 Å². The van der Waals surface area contributed by atoms with Crippen molar-refractivity contribution >= 4 is 11.5 Å². The monoisotopic (exact) mass is 273 g/mol. The summed E-state index contributed by atoms with van der Waals surface area (Å²) in [5.41, 5.74) is 1.12. The van der Waals surface area contributed by atoms with Crippen molar-refractivity contribution < 1.29 is 14.1 Å². The Bertz CT molecular complexity index is 683. The van der Waals surface area contributed by atoms with E-state index in [1.807, 2.05) is 0 Å². The summed E-state index contributed by atoms with van der Waals surface area (Å²) in [4.78, 5) is 22.5. The van der Waals surface area contributed by atoms with E-state index >= 15 is 0 Å². The van der Waals surface area contributed by atoms with Crippen LogP contribution in [0.3, 0.4) is 0 Å². The molecule has 0 spiro atoms. The van der Waals surface area contributed by atoms with Crippen LogP contribution in [-0.4, -0.2) is 10.7 Å². The van der Waals surface area contributed by atoms with Crippen LogP contribution in [0.5, 0.6) is 0 Å². The van der Waals surface area contributed by atoms with Crippen LogP contribution in [-0.2, 0) is 6.42 Å². The second-order valence-electron chi connectivity index (χ2n) is 4.45. The molecule has 4 nitrogen and oxygen atoms in total. The third kappa shape index (κ3) is 2.88. The van der Waals surface area contributed by atoms with E-state index in [1.165, 1.54) is 24.3 Å². The maximum atomic E-state index is 13.2. The number of nitrogens with zero attached hydrogens (tertiary/aromatic N) is 1. The normalized spacial score (nSPS) is 10.3. The molecule has 0 aliphatic heterocycles. The molecule has 0 radical (unpaired) electrons. The molecule has 0 saturated heterocycles. The third-order valence-corrected chi connectivity index (χ3v) is 3.04. The number of rotatable bonds is 4. The zero-order valence-electron chi connectivity index (χ0n) is 10.8. The molecule has 0 unspecified atom stereocenters. The Morgan fingerprint density at radius 3 is 2.65 bits per heavy atom. The van der Waals surface area contributed by atoms with Crippen molar-refractivity contribution in [3.05, 3.63) is 75.1 Å². The van der Waals surface area contributed by atoms with Gasteiger partial charge in [-0.15, -0.1) is 0 Å². The number of carbonyl (C=O) groups is 1. The topological polar surface area (TPSA) is 60.2 Å². The summed E-state index contributed by atoms with van der Waals surface area (Å²) >= 11 is 0. The molecular formula is C15H12FNO3. The molecule has 0 saturated carbocycles. The third-order valence-electron chi connectivity index (χ3n) is 3.04. The number of para-hydroxylation sites is 1. The van der Waals surface area contributed by atoms with Crippen molar-refractivity contribution in [2.45, 2.75) is 13.3 Å². The zero-order valence-corrected chi connectivity index (χ0v) is 10.8. The molecular weight excluding hydrogens is 261 g/mol. The van der Waals surface area contributed by atoms with Crippen LogP contribution < -0.4 is 0 Å². The first-order chi connectivity index (χ1) is 9.49.